The molecule has 0 aromatic heterocycles. The van der Waals surface area contributed by atoms with Crippen LogP contribution in [0.2, 0.25) is 0 Å². The van der Waals surface area contributed by atoms with E-state index in [1.807, 2.05) is 0 Å². The lowest BCUT2D eigenvalue weighted by molar-refractivity contribution is -0.152. The van der Waals surface area contributed by atoms with Crippen LogP contribution in [0.15, 0.2) is 0 Å². The van der Waals surface area contributed by atoms with E-state index in [9.17, 15) is 9.59 Å². The second-order valence-electron chi connectivity index (χ2n) is 2.36. The van der Waals surface area contributed by atoms with E-state index in [1.54, 1.807) is 0 Å². The minimum absolute atomic E-state index is 0.452. The summed E-state index contributed by atoms with van der Waals surface area (Å²) in [5.74, 6) is -0.452. The van der Waals surface area contributed by atoms with Gasteiger partial charge in [0.2, 0.25) is 0 Å². The fourth-order valence-corrected chi connectivity index (χ4v) is 0.955. The first-order valence-corrected chi connectivity index (χ1v) is 3.34. The smallest absolute Gasteiger partial charge is 0.303 e. The number of esters is 1. The summed E-state index contributed by atoms with van der Waals surface area (Å²) in [5, 5.41) is -0.567. The van der Waals surface area contributed by atoms with Gasteiger partial charge in [0.1, 0.15) is 0 Å². The van der Waals surface area contributed by atoms with Crippen LogP contribution in [0.3, 0.4) is 0 Å². The number of carbonyl (C=O) groups is 2. The maximum absolute atomic E-state index is 10.6. The van der Waals surface area contributed by atoms with Crippen molar-refractivity contribution in [2.45, 2.75) is 25.4 Å². The van der Waals surface area contributed by atoms with Crippen molar-refractivity contribution < 1.29 is 14.3 Å². The molecule has 0 atom stereocenters. The fourth-order valence-electron chi connectivity index (χ4n) is 0.727. The zero-order valence-corrected chi connectivity index (χ0v) is 6.27. The molecule has 1 aliphatic rings. The van der Waals surface area contributed by atoms with Gasteiger partial charge in [0.15, 0.2) is 5.60 Å². The maximum Gasteiger partial charge on any atom is 0.303 e. The molecule has 0 N–H and O–H groups in total. The molecular weight excluding hydrogens is 156 g/mol. The highest BCUT2D eigenvalue weighted by Crippen LogP contribution is 2.41. The Morgan fingerprint density at radius 1 is 1.50 bits per heavy atom. The highest BCUT2D eigenvalue weighted by atomic mass is 35.5. The lowest BCUT2D eigenvalue weighted by atomic mass is 10.4. The van der Waals surface area contributed by atoms with E-state index in [-0.39, 0.29) is 0 Å². The van der Waals surface area contributed by atoms with E-state index in [1.165, 1.54) is 6.92 Å². The van der Waals surface area contributed by atoms with Crippen LogP contribution < -0.4 is 0 Å². The minimum Gasteiger partial charge on any atom is -0.450 e. The molecule has 3 nitrogen and oxygen atoms in total. The van der Waals surface area contributed by atoms with Crippen LogP contribution in [-0.2, 0) is 14.3 Å². The van der Waals surface area contributed by atoms with Gasteiger partial charge in [-0.05, 0) is 11.6 Å². The highest BCUT2D eigenvalue weighted by molar-refractivity contribution is 6.66. The van der Waals surface area contributed by atoms with Crippen molar-refractivity contribution in [1.82, 2.24) is 0 Å². The van der Waals surface area contributed by atoms with Crippen molar-refractivity contribution in [3.05, 3.63) is 0 Å². The van der Waals surface area contributed by atoms with E-state index in [4.69, 9.17) is 11.6 Å². The molecule has 1 aliphatic carbocycles. The largest absolute Gasteiger partial charge is 0.450 e. The monoisotopic (exact) mass is 162 g/mol. The molecule has 0 aliphatic heterocycles. The van der Waals surface area contributed by atoms with E-state index in [0.717, 1.165) is 0 Å². The van der Waals surface area contributed by atoms with Crippen LogP contribution in [0.1, 0.15) is 19.8 Å². The van der Waals surface area contributed by atoms with Crippen molar-refractivity contribution in [3.8, 4) is 0 Å². The number of hydrogen-bond acceptors (Lipinski definition) is 3. The molecule has 0 spiro atoms. The molecule has 0 unspecified atom stereocenters. The van der Waals surface area contributed by atoms with Gasteiger partial charge in [0.25, 0.3) is 5.24 Å². The van der Waals surface area contributed by atoms with Crippen molar-refractivity contribution in [2.75, 3.05) is 0 Å². The van der Waals surface area contributed by atoms with Crippen molar-refractivity contribution in [2.24, 2.45) is 0 Å². The molecule has 56 valence electrons. The number of ether oxygens (including phenoxy) is 1. The summed E-state index contributed by atoms with van der Waals surface area (Å²) < 4.78 is 4.69. The molecular formula is C6H7ClO3. The van der Waals surface area contributed by atoms with Crippen molar-refractivity contribution in [1.29, 1.82) is 0 Å². The Bertz CT molecular complexity index is 183. The van der Waals surface area contributed by atoms with E-state index < -0.39 is 16.8 Å². The van der Waals surface area contributed by atoms with Gasteiger partial charge in [0, 0.05) is 19.8 Å². The number of rotatable bonds is 2. The first kappa shape index (κ1) is 7.54. The number of hydrogen-bond donors (Lipinski definition) is 0. The van der Waals surface area contributed by atoms with Gasteiger partial charge in [0.05, 0.1) is 0 Å². The second kappa shape index (κ2) is 2.23. The first-order valence-electron chi connectivity index (χ1n) is 2.96. The van der Waals surface area contributed by atoms with Crippen molar-refractivity contribution in [3.63, 3.8) is 0 Å². The molecule has 1 fully saturated rings. The Morgan fingerprint density at radius 3 is 2.10 bits per heavy atom. The van der Waals surface area contributed by atoms with Gasteiger partial charge < -0.3 is 4.74 Å². The minimum atomic E-state index is -0.951. The Labute approximate surface area is 63.3 Å². The summed E-state index contributed by atoms with van der Waals surface area (Å²) in [6.45, 7) is 1.26. The van der Waals surface area contributed by atoms with E-state index in [0.29, 0.717) is 12.8 Å². The number of halogens is 1. The number of carbonyl (C=O) groups excluding carboxylic acids is 2. The third kappa shape index (κ3) is 1.29. The Hall–Kier alpha value is -0.570. The third-order valence-electron chi connectivity index (χ3n) is 1.40. The second-order valence-corrected chi connectivity index (χ2v) is 2.70. The summed E-state index contributed by atoms with van der Waals surface area (Å²) >= 11 is 5.16. The highest BCUT2D eigenvalue weighted by Gasteiger charge is 2.52. The first-order chi connectivity index (χ1) is 4.57. The van der Waals surface area contributed by atoms with Crippen LogP contribution in [0, 0.1) is 0 Å². The van der Waals surface area contributed by atoms with E-state index >= 15 is 0 Å². The molecule has 1 rings (SSSR count). The van der Waals surface area contributed by atoms with Crippen molar-refractivity contribution >= 4 is 22.8 Å². The zero-order chi connectivity index (χ0) is 7.78. The predicted molar refractivity (Wildman–Crippen MR) is 34.6 cm³/mol. The van der Waals surface area contributed by atoms with Crippen LogP contribution in [0.25, 0.3) is 0 Å². The molecule has 0 heterocycles. The predicted octanol–water partition coefficient (Wildman–Crippen LogP) is 0.847. The van der Waals surface area contributed by atoms with Gasteiger partial charge in [-0.25, -0.2) is 0 Å². The summed E-state index contributed by atoms with van der Waals surface area (Å²) in [6.07, 6.45) is 1.13. The van der Waals surface area contributed by atoms with Crippen LogP contribution in [0.5, 0.6) is 0 Å². The topological polar surface area (TPSA) is 43.4 Å². The standard InChI is InChI=1S/C6H7ClO3/c1-4(8)10-6(2-3-6)5(7)9/h2-3H2,1H3. The quantitative estimate of drug-likeness (QED) is 0.447. The molecule has 0 aromatic carbocycles. The molecule has 0 radical (unpaired) electrons. The molecule has 1 saturated carbocycles. The normalized spacial score (nSPS) is 19.8. The van der Waals surface area contributed by atoms with E-state index in [2.05, 4.69) is 4.74 Å². The van der Waals surface area contributed by atoms with Crippen LogP contribution in [0.4, 0.5) is 0 Å². The fraction of sp³-hybridized carbons (Fsp3) is 0.667. The summed E-state index contributed by atoms with van der Waals surface area (Å²) in [6, 6.07) is 0. The van der Waals surface area contributed by atoms with Gasteiger partial charge in [-0.3, -0.25) is 9.59 Å². The van der Waals surface area contributed by atoms with Gasteiger partial charge in [-0.15, -0.1) is 0 Å². The van der Waals surface area contributed by atoms with Crippen LogP contribution in [-0.4, -0.2) is 16.8 Å². The third-order valence-corrected chi connectivity index (χ3v) is 1.75. The average Bonchev–Trinajstić information content (AvgIpc) is 2.46. The molecule has 10 heavy (non-hydrogen) atoms. The molecule has 0 bridgehead atoms. The van der Waals surface area contributed by atoms with Gasteiger partial charge in [-0.2, -0.15) is 0 Å². The zero-order valence-electron chi connectivity index (χ0n) is 5.52. The summed E-state index contributed by atoms with van der Waals surface area (Å²) in [5.41, 5.74) is -0.951. The van der Waals surface area contributed by atoms with Gasteiger partial charge in [-0.1, -0.05) is 0 Å². The molecule has 0 saturated heterocycles. The lowest BCUT2D eigenvalue weighted by Crippen LogP contribution is -2.24. The van der Waals surface area contributed by atoms with Gasteiger partial charge >= 0.3 is 5.97 Å². The molecule has 4 heteroatoms. The summed E-state index contributed by atoms with van der Waals surface area (Å²) in [7, 11) is 0. The average molecular weight is 163 g/mol. The van der Waals surface area contributed by atoms with Crippen LogP contribution >= 0.6 is 11.6 Å². The maximum atomic E-state index is 10.6. The summed E-state index contributed by atoms with van der Waals surface area (Å²) in [4.78, 5) is 20.9. The SMILES string of the molecule is CC(=O)OC1(C(=O)Cl)CC1. The Balaban J connectivity index is 2.53. The Kier molecular flexibility index (Phi) is 1.68. The molecule has 0 aromatic rings. The Morgan fingerprint density at radius 2 is 2.00 bits per heavy atom. The molecule has 0 amide bonds. The lowest BCUT2D eigenvalue weighted by Gasteiger charge is -2.08.